The molecule has 4 nitrogen and oxygen atoms in total. The fourth-order valence-corrected chi connectivity index (χ4v) is 2.95. The maximum Gasteiger partial charge on any atom is 0.260 e. The molecule has 118 valence electrons. The molecule has 1 saturated heterocycles. The number of ether oxygens (including phenoxy) is 1. The number of benzene rings is 2. The van der Waals surface area contributed by atoms with Crippen LogP contribution in [0.2, 0.25) is 0 Å². The van der Waals surface area contributed by atoms with E-state index in [-0.39, 0.29) is 31.0 Å². The number of amides is 1. The van der Waals surface area contributed by atoms with Gasteiger partial charge in [-0.05, 0) is 24.3 Å². The van der Waals surface area contributed by atoms with E-state index >= 15 is 0 Å². The van der Waals surface area contributed by atoms with Crippen molar-refractivity contribution in [3.8, 4) is 5.75 Å². The molecule has 1 atom stereocenters. The summed E-state index contributed by atoms with van der Waals surface area (Å²) in [6, 6.07) is 14.1. The molecule has 0 spiro atoms. The van der Waals surface area contributed by atoms with E-state index in [0.717, 1.165) is 35.9 Å². The predicted octanol–water partition coefficient (Wildman–Crippen LogP) is 2.59. The zero-order valence-electron chi connectivity index (χ0n) is 12.4. The summed E-state index contributed by atoms with van der Waals surface area (Å²) in [5, 5.41) is 2.15. The number of halogens is 1. The molecular weight excluding hydrogens is 300 g/mol. The molecule has 2 aromatic rings. The van der Waals surface area contributed by atoms with Crippen LogP contribution in [0.5, 0.6) is 5.75 Å². The van der Waals surface area contributed by atoms with Gasteiger partial charge in [0.15, 0.2) is 6.61 Å². The number of carbonyl (C=O) groups is 1. The first kappa shape index (κ1) is 16.6. The fourth-order valence-electron chi connectivity index (χ4n) is 2.95. The number of rotatable bonds is 4. The highest BCUT2D eigenvalue weighted by Crippen LogP contribution is 2.25. The predicted molar refractivity (Wildman–Crippen MR) is 90.5 cm³/mol. The highest BCUT2D eigenvalue weighted by Gasteiger charge is 2.27. The van der Waals surface area contributed by atoms with Crippen molar-refractivity contribution in [3.63, 3.8) is 0 Å². The number of hydrogen-bond acceptors (Lipinski definition) is 3. The SMILES string of the molecule is Cl.NCC1CCCN1C(=O)COc1cccc2ccccc12. The van der Waals surface area contributed by atoms with Gasteiger partial charge in [-0.2, -0.15) is 0 Å². The molecule has 3 rings (SSSR count). The molecule has 2 aromatic carbocycles. The third kappa shape index (κ3) is 3.34. The van der Waals surface area contributed by atoms with E-state index in [0.29, 0.717) is 6.54 Å². The standard InChI is InChI=1S/C17H20N2O2.ClH/c18-11-14-7-4-10-19(14)17(20)12-21-16-9-3-6-13-5-1-2-8-15(13)16;/h1-3,5-6,8-9,14H,4,7,10-12,18H2;1H. The van der Waals surface area contributed by atoms with E-state index < -0.39 is 0 Å². The molecule has 0 saturated carbocycles. The van der Waals surface area contributed by atoms with Gasteiger partial charge < -0.3 is 15.4 Å². The molecule has 22 heavy (non-hydrogen) atoms. The van der Waals surface area contributed by atoms with Crippen LogP contribution < -0.4 is 10.5 Å². The smallest absolute Gasteiger partial charge is 0.260 e. The van der Waals surface area contributed by atoms with Gasteiger partial charge in [-0.3, -0.25) is 4.79 Å². The van der Waals surface area contributed by atoms with Gasteiger partial charge in [-0.25, -0.2) is 0 Å². The molecule has 1 aliphatic heterocycles. The minimum absolute atomic E-state index is 0. The lowest BCUT2D eigenvalue weighted by atomic mass is 10.1. The van der Waals surface area contributed by atoms with Gasteiger partial charge in [0.2, 0.25) is 0 Å². The zero-order valence-corrected chi connectivity index (χ0v) is 13.2. The minimum atomic E-state index is 0. The summed E-state index contributed by atoms with van der Waals surface area (Å²) < 4.78 is 5.75. The topological polar surface area (TPSA) is 55.6 Å². The fraction of sp³-hybridized carbons (Fsp3) is 0.353. The lowest BCUT2D eigenvalue weighted by molar-refractivity contribution is -0.134. The van der Waals surface area contributed by atoms with Crippen LogP contribution in [0.1, 0.15) is 12.8 Å². The lowest BCUT2D eigenvalue weighted by Gasteiger charge is -2.23. The van der Waals surface area contributed by atoms with Crippen molar-refractivity contribution < 1.29 is 9.53 Å². The van der Waals surface area contributed by atoms with Crippen molar-refractivity contribution >= 4 is 29.1 Å². The van der Waals surface area contributed by atoms with E-state index in [2.05, 4.69) is 0 Å². The molecular formula is C17H21ClN2O2. The van der Waals surface area contributed by atoms with Crippen LogP contribution in [-0.4, -0.2) is 36.5 Å². The number of nitrogens with two attached hydrogens (primary N) is 1. The van der Waals surface area contributed by atoms with Crippen molar-refractivity contribution in [2.24, 2.45) is 5.73 Å². The summed E-state index contributed by atoms with van der Waals surface area (Å²) in [4.78, 5) is 14.1. The van der Waals surface area contributed by atoms with Crippen LogP contribution >= 0.6 is 12.4 Å². The highest BCUT2D eigenvalue weighted by atomic mass is 35.5. The van der Waals surface area contributed by atoms with Crippen LogP contribution in [0, 0.1) is 0 Å². The Bertz CT molecular complexity index is 642. The summed E-state index contributed by atoms with van der Waals surface area (Å²) in [7, 11) is 0. The largest absolute Gasteiger partial charge is 0.483 e. The van der Waals surface area contributed by atoms with Gasteiger partial charge in [0.05, 0.1) is 0 Å². The van der Waals surface area contributed by atoms with E-state index in [9.17, 15) is 4.79 Å². The van der Waals surface area contributed by atoms with Crippen LogP contribution in [0.3, 0.4) is 0 Å². The Labute approximate surface area is 136 Å². The second-order valence-electron chi connectivity index (χ2n) is 5.38. The Kier molecular flexibility index (Phi) is 5.63. The second kappa shape index (κ2) is 7.47. The lowest BCUT2D eigenvalue weighted by Crippen LogP contribution is -2.42. The Morgan fingerprint density at radius 3 is 2.82 bits per heavy atom. The number of nitrogens with zero attached hydrogens (tertiary/aromatic N) is 1. The monoisotopic (exact) mass is 320 g/mol. The first-order chi connectivity index (χ1) is 10.3. The average Bonchev–Trinajstić information content (AvgIpc) is 3.01. The number of fused-ring (bicyclic) bond motifs is 1. The second-order valence-corrected chi connectivity index (χ2v) is 5.38. The minimum Gasteiger partial charge on any atom is -0.483 e. The molecule has 2 N–H and O–H groups in total. The number of likely N-dealkylation sites (tertiary alicyclic amines) is 1. The molecule has 1 amide bonds. The molecule has 0 bridgehead atoms. The molecule has 1 unspecified atom stereocenters. The molecule has 1 aliphatic rings. The first-order valence-corrected chi connectivity index (χ1v) is 7.39. The summed E-state index contributed by atoms with van der Waals surface area (Å²) >= 11 is 0. The molecule has 0 aromatic heterocycles. The zero-order chi connectivity index (χ0) is 14.7. The Balaban J connectivity index is 0.00000176. The van der Waals surface area contributed by atoms with Crippen LogP contribution in [0.4, 0.5) is 0 Å². The van der Waals surface area contributed by atoms with E-state index in [1.807, 2.05) is 47.4 Å². The summed E-state index contributed by atoms with van der Waals surface area (Å²) in [6.07, 6.45) is 2.03. The molecule has 1 fully saturated rings. The Morgan fingerprint density at radius 1 is 1.23 bits per heavy atom. The van der Waals surface area contributed by atoms with Gasteiger partial charge in [-0.15, -0.1) is 12.4 Å². The number of hydrogen-bond donors (Lipinski definition) is 1. The third-order valence-electron chi connectivity index (χ3n) is 4.07. The van der Waals surface area contributed by atoms with Gasteiger partial charge >= 0.3 is 0 Å². The van der Waals surface area contributed by atoms with Crippen molar-refractivity contribution in [1.29, 1.82) is 0 Å². The number of carbonyl (C=O) groups excluding carboxylic acids is 1. The molecule has 0 aliphatic carbocycles. The normalized spacial score (nSPS) is 17.3. The maximum atomic E-state index is 12.3. The first-order valence-electron chi connectivity index (χ1n) is 7.39. The van der Waals surface area contributed by atoms with Crippen LogP contribution in [0.15, 0.2) is 42.5 Å². The summed E-state index contributed by atoms with van der Waals surface area (Å²) in [5.74, 6) is 0.779. The van der Waals surface area contributed by atoms with Gasteiger partial charge in [0.25, 0.3) is 5.91 Å². The van der Waals surface area contributed by atoms with Crippen molar-refractivity contribution in [2.45, 2.75) is 18.9 Å². The van der Waals surface area contributed by atoms with Crippen molar-refractivity contribution in [1.82, 2.24) is 4.90 Å². The van der Waals surface area contributed by atoms with Crippen LogP contribution in [0.25, 0.3) is 10.8 Å². The van der Waals surface area contributed by atoms with Crippen molar-refractivity contribution in [3.05, 3.63) is 42.5 Å². The quantitative estimate of drug-likeness (QED) is 0.942. The van der Waals surface area contributed by atoms with Gasteiger partial charge in [0, 0.05) is 24.5 Å². The van der Waals surface area contributed by atoms with E-state index in [1.165, 1.54) is 0 Å². The highest BCUT2D eigenvalue weighted by molar-refractivity contribution is 5.88. The molecule has 5 heteroatoms. The molecule has 1 heterocycles. The van der Waals surface area contributed by atoms with Crippen molar-refractivity contribution in [2.75, 3.05) is 19.7 Å². The average molecular weight is 321 g/mol. The van der Waals surface area contributed by atoms with Gasteiger partial charge in [0.1, 0.15) is 5.75 Å². The van der Waals surface area contributed by atoms with Gasteiger partial charge in [-0.1, -0.05) is 36.4 Å². The maximum absolute atomic E-state index is 12.3. The molecule has 0 radical (unpaired) electrons. The third-order valence-corrected chi connectivity index (χ3v) is 4.07. The van der Waals surface area contributed by atoms with E-state index in [1.54, 1.807) is 0 Å². The Morgan fingerprint density at radius 2 is 2.00 bits per heavy atom. The van der Waals surface area contributed by atoms with Crippen LogP contribution in [-0.2, 0) is 4.79 Å². The summed E-state index contributed by atoms with van der Waals surface area (Å²) in [6.45, 7) is 1.39. The van der Waals surface area contributed by atoms with E-state index in [4.69, 9.17) is 10.5 Å². The summed E-state index contributed by atoms with van der Waals surface area (Å²) in [5.41, 5.74) is 5.71. The Hall–Kier alpha value is -1.78.